The largest absolute Gasteiger partial charge is 0.504 e. The van der Waals surface area contributed by atoms with Crippen molar-refractivity contribution in [1.29, 1.82) is 0 Å². The van der Waals surface area contributed by atoms with Gasteiger partial charge in [-0.05, 0) is 31.0 Å². The van der Waals surface area contributed by atoms with Crippen LogP contribution in [0.2, 0.25) is 0 Å². The van der Waals surface area contributed by atoms with Crippen molar-refractivity contribution in [3.05, 3.63) is 23.8 Å². The summed E-state index contributed by atoms with van der Waals surface area (Å²) in [6.45, 7) is 4.07. The lowest BCUT2D eigenvalue weighted by Crippen LogP contribution is -2.36. The second-order valence-corrected chi connectivity index (χ2v) is 4.09. The molecule has 94 valence electrons. The standard InChI is InChI=1S/C13H19NO3/c1-4-10(5-2)14(3)13(17)9-6-7-11(15)12(16)8-9/h6-8,10,15-16H,4-5H2,1-3H3. The van der Waals surface area contributed by atoms with Crippen LogP contribution in [0.4, 0.5) is 0 Å². The van der Waals surface area contributed by atoms with Crippen LogP contribution in [0.15, 0.2) is 18.2 Å². The molecule has 0 spiro atoms. The first-order valence-electron chi connectivity index (χ1n) is 5.80. The maximum Gasteiger partial charge on any atom is 0.253 e. The van der Waals surface area contributed by atoms with E-state index in [4.69, 9.17) is 0 Å². The fourth-order valence-electron chi connectivity index (χ4n) is 1.86. The summed E-state index contributed by atoms with van der Waals surface area (Å²) in [4.78, 5) is 13.8. The van der Waals surface area contributed by atoms with E-state index in [1.807, 2.05) is 13.8 Å². The van der Waals surface area contributed by atoms with E-state index < -0.39 is 0 Å². The minimum absolute atomic E-state index is 0.144. The highest BCUT2D eigenvalue weighted by Crippen LogP contribution is 2.25. The SMILES string of the molecule is CCC(CC)N(C)C(=O)c1ccc(O)c(O)c1. The zero-order valence-corrected chi connectivity index (χ0v) is 10.5. The minimum atomic E-state index is -0.270. The van der Waals surface area contributed by atoms with Gasteiger partial charge in [-0.1, -0.05) is 13.8 Å². The normalized spacial score (nSPS) is 10.6. The molecule has 1 amide bonds. The van der Waals surface area contributed by atoms with Gasteiger partial charge in [-0.25, -0.2) is 0 Å². The van der Waals surface area contributed by atoms with Gasteiger partial charge in [0, 0.05) is 18.7 Å². The Morgan fingerprint density at radius 3 is 2.29 bits per heavy atom. The Morgan fingerprint density at radius 1 is 1.24 bits per heavy atom. The average Bonchev–Trinajstić information content (AvgIpc) is 2.33. The number of rotatable bonds is 4. The molecule has 1 aromatic carbocycles. The van der Waals surface area contributed by atoms with Gasteiger partial charge in [0.15, 0.2) is 11.5 Å². The van der Waals surface area contributed by atoms with Crippen LogP contribution in [0.3, 0.4) is 0 Å². The molecule has 4 nitrogen and oxygen atoms in total. The summed E-state index contributed by atoms with van der Waals surface area (Å²) in [7, 11) is 1.75. The summed E-state index contributed by atoms with van der Waals surface area (Å²) in [5.41, 5.74) is 0.384. The van der Waals surface area contributed by atoms with E-state index >= 15 is 0 Å². The number of phenols is 2. The predicted molar refractivity (Wildman–Crippen MR) is 66.2 cm³/mol. The van der Waals surface area contributed by atoms with Crippen molar-refractivity contribution in [1.82, 2.24) is 4.90 Å². The van der Waals surface area contributed by atoms with Crippen LogP contribution in [0.25, 0.3) is 0 Å². The van der Waals surface area contributed by atoms with Crippen molar-refractivity contribution in [3.8, 4) is 11.5 Å². The molecule has 17 heavy (non-hydrogen) atoms. The van der Waals surface area contributed by atoms with Gasteiger partial charge in [-0.2, -0.15) is 0 Å². The fourth-order valence-corrected chi connectivity index (χ4v) is 1.86. The van der Waals surface area contributed by atoms with Crippen LogP contribution in [0.5, 0.6) is 11.5 Å². The number of carbonyl (C=O) groups is 1. The molecule has 0 bridgehead atoms. The molecule has 0 saturated carbocycles. The molecule has 0 unspecified atom stereocenters. The van der Waals surface area contributed by atoms with Crippen LogP contribution in [0, 0.1) is 0 Å². The number of aromatic hydroxyl groups is 2. The van der Waals surface area contributed by atoms with Crippen LogP contribution in [-0.2, 0) is 0 Å². The maximum absolute atomic E-state index is 12.1. The minimum Gasteiger partial charge on any atom is -0.504 e. The van der Waals surface area contributed by atoms with Crippen molar-refractivity contribution in [2.75, 3.05) is 7.05 Å². The zero-order valence-electron chi connectivity index (χ0n) is 10.5. The Bertz CT molecular complexity index is 400. The number of phenolic OH excluding ortho intramolecular Hbond substituents is 2. The third-order valence-corrected chi connectivity index (χ3v) is 3.03. The van der Waals surface area contributed by atoms with Gasteiger partial charge in [0.25, 0.3) is 5.91 Å². The Morgan fingerprint density at radius 2 is 1.82 bits per heavy atom. The van der Waals surface area contributed by atoms with Crippen LogP contribution in [0.1, 0.15) is 37.0 Å². The number of nitrogens with zero attached hydrogens (tertiary/aromatic N) is 1. The van der Waals surface area contributed by atoms with Crippen LogP contribution < -0.4 is 0 Å². The van der Waals surface area contributed by atoms with Gasteiger partial charge >= 0.3 is 0 Å². The van der Waals surface area contributed by atoms with Gasteiger partial charge in [-0.3, -0.25) is 4.79 Å². The van der Waals surface area contributed by atoms with E-state index in [0.29, 0.717) is 5.56 Å². The van der Waals surface area contributed by atoms with E-state index in [2.05, 4.69) is 0 Å². The summed E-state index contributed by atoms with van der Waals surface area (Å²) in [6, 6.07) is 4.31. The molecule has 0 aliphatic rings. The molecule has 0 aliphatic carbocycles. The Hall–Kier alpha value is -1.71. The van der Waals surface area contributed by atoms with E-state index in [0.717, 1.165) is 12.8 Å². The van der Waals surface area contributed by atoms with Crippen molar-refractivity contribution in [3.63, 3.8) is 0 Å². The third kappa shape index (κ3) is 2.90. The van der Waals surface area contributed by atoms with Crippen LogP contribution in [-0.4, -0.2) is 34.1 Å². The summed E-state index contributed by atoms with van der Waals surface area (Å²) in [6.07, 6.45) is 1.78. The number of hydrogen-bond donors (Lipinski definition) is 2. The third-order valence-electron chi connectivity index (χ3n) is 3.03. The molecule has 1 rings (SSSR count). The molecule has 0 aliphatic heterocycles. The van der Waals surface area contributed by atoms with E-state index in [1.165, 1.54) is 18.2 Å². The molecule has 2 N–H and O–H groups in total. The molecule has 0 heterocycles. The average molecular weight is 237 g/mol. The maximum atomic E-state index is 12.1. The number of hydrogen-bond acceptors (Lipinski definition) is 3. The van der Waals surface area contributed by atoms with Gasteiger partial charge in [0.05, 0.1) is 0 Å². The summed E-state index contributed by atoms with van der Waals surface area (Å²) < 4.78 is 0. The second-order valence-electron chi connectivity index (χ2n) is 4.09. The summed E-state index contributed by atoms with van der Waals surface area (Å²) >= 11 is 0. The number of benzene rings is 1. The topological polar surface area (TPSA) is 60.8 Å². The Kier molecular flexibility index (Phi) is 4.37. The molecule has 0 fully saturated rings. The molecular formula is C13H19NO3. The molecule has 4 heteroatoms. The molecule has 1 aromatic rings. The monoisotopic (exact) mass is 237 g/mol. The second kappa shape index (κ2) is 5.57. The fraction of sp³-hybridized carbons (Fsp3) is 0.462. The molecular weight excluding hydrogens is 218 g/mol. The van der Waals surface area contributed by atoms with Gasteiger partial charge in [0.1, 0.15) is 0 Å². The Labute approximate surface area is 101 Å². The van der Waals surface area contributed by atoms with Crippen molar-refractivity contribution in [2.24, 2.45) is 0 Å². The lowest BCUT2D eigenvalue weighted by atomic mass is 10.1. The summed E-state index contributed by atoms with van der Waals surface area (Å²) in [5, 5.41) is 18.6. The predicted octanol–water partition coefficient (Wildman–Crippen LogP) is 2.36. The highest BCUT2D eigenvalue weighted by Gasteiger charge is 2.19. The number of amides is 1. The van der Waals surface area contributed by atoms with E-state index in [1.54, 1.807) is 11.9 Å². The molecule has 0 aromatic heterocycles. The Balaban J connectivity index is 2.92. The zero-order chi connectivity index (χ0) is 13.0. The van der Waals surface area contributed by atoms with Gasteiger partial charge in [-0.15, -0.1) is 0 Å². The first-order valence-corrected chi connectivity index (χ1v) is 5.80. The molecule has 0 atom stereocenters. The highest BCUT2D eigenvalue weighted by molar-refractivity contribution is 5.94. The number of carbonyl (C=O) groups excluding carboxylic acids is 1. The summed E-state index contributed by atoms with van der Waals surface area (Å²) in [5.74, 6) is -0.630. The van der Waals surface area contributed by atoms with E-state index in [9.17, 15) is 15.0 Å². The van der Waals surface area contributed by atoms with Gasteiger partial charge in [0.2, 0.25) is 0 Å². The smallest absolute Gasteiger partial charge is 0.253 e. The highest BCUT2D eigenvalue weighted by atomic mass is 16.3. The molecule has 0 radical (unpaired) electrons. The molecule has 0 saturated heterocycles. The van der Waals surface area contributed by atoms with Crippen molar-refractivity contribution < 1.29 is 15.0 Å². The lowest BCUT2D eigenvalue weighted by Gasteiger charge is -2.26. The van der Waals surface area contributed by atoms with Crippen molar-refractivity contribution >= 4 is 5.91 Å². The first kappa shape index (κ1) is 13.4. The lowest BCUT2D eigenvalue weighted by molar-refractivity contribution is 0.0723. The van der Waals surface area contributed by atoms with Gasteiger partial charge < -0.3 is 15.1 Å². The quantitative estimate of drug-likeness (QED) is 0.790. The van der Waals surface area contributed by atoms with Crippen LogP contribution >= 0.6 is 0 Å². The van der Waals surface area contributed by atoms with Crippen molar-refractivity contribution in [2.45, 2.75) is 32.7 Å². The first-order chi connectivity index (χ1) is 8.01. The van der Waals surface area contributed by atoms with E-state index in [-0.39, 0.29) is 23.4 Å².